The summed E-state index contributed by atoms with van der Waals surface area (Å²) >= 11 is 13.5. The van der Waals surface area contributed by atoms with Crippen LogP contribution in [-0.2, 0) is 4.79 Å². The van der Waals surface area contributed by atoms with Crippen LogP contribution in [0.15, 0.2) is 35.0 Å². The summed E-state index contributed by atoms with van der Waals surface area (Å²) in [6, 6.07) is 7.07. The van der Waals surface area contributed by atoms with Gasteiger partial charge in [-0.2, -0.15) is 11.3 Å². The van der Waals surface area contributed by atoms with Gasteiger partial charge in [0.15, 0.2) is 6.61 Å². The number of amides is 1. The fraction of sp³-hybridized carbons (Fsp3) is 0.312. The molecule has 0 fully saturated rings. The first-order valence-corrected chi connectivity index (χ1v) is 8.70. The molecule has 0 radical (unpaired) electrons. The van der Waals surface area contributed by atoms with Gasteiger partial charge in [0.05, 0.1) is 11.1 Å². The lowest BCUT2D eigenvalue weighted by molar-refractivity contribution is -0.123. The van der Waals surface area contributed by atoms with Gasteiger partial charge in [-0.05, 0) is 48.6 Å². The van der Waals surface area contributed by atoms with Crippen molar-refractivity contribution in [3.05, 3.63) is 50.6 Å². The lowest BCUT2D eigenvalue weighted by Gasteiger charge is -2.24. The van der Waals surface area contributed by atoms with E-state index in [0.717, 1.165) is 0 Å². The van der Waals surface area contributed by atoms with Gasteiger partial charge in [0.1, 0.15) is 5.75 Å². The Labute approximate surface area is 150 Å². The normalized spacial score (nSPS) is 12.2. The molecular weight excluding hydrogens is 355 g/mol. The van der Waals surface area contributed by atoms with Crippen molar-refractivity contribution < 1.29 is 9.53 Å². The van der Waals surface area contributed by atoms with E-state index in [1.165, 1.54) is 5.56 Å². The third-order valence-electron chi connectivity index (χ3n) is 3.30. The molecule has 2 rings (SSSR count). The van der Waals surface area contributed by atoms with Crippen molar-refractivity contribution in [3.63, 3.8) is 0 Å². The predicted octanol–water partition coefficient (Wildman–Crippen LogP) is 3.85. The SMILES string of the molecule is CN(C)C(CNC(=O)COc1cc(Cl)ccc1Cl)c1ccsc1. The third-order valence-corrected chi connectivity index (χ3v) is 4.54. The highest BCUT2D eigenvalue weighted by molar-refractivity contribution is 7.07. The highest BCUT2D eigenvalue weighted by Crippen LogP contribution is 2.27. The van der Waals surface area contributed by atoms with Crippen LogP contribution in [0.4, 0.5) is 0 Å². The molecule has 0 spiro atoms. The second kappa shape index (κ2) is 8.55. The Kier molecular flexibility index (Phi) is 6.72. The van der Waals surface area contributed by atoms with Gasteiger partial charge in [0.2, 0.25) is 0 Å². The Morgan fingerprint density at radius 2 is 2.13 bits per heavy atom. The minimum absolute atomic E-state index is 0.107. The van der Waals surface area contributed by atoms with Crippen LogP contribution < -0.4 is 10.1 Å². The number of carbonyl (C=O) groups is 1. The molecule has 1 aromatic heterocycles. The average molecular weight is 373 g/mol. The minimum Gasteiger partial charge on any atom is -0.482 e. The van der Waals surface area contributed by atoms with Gasteiger partial charge in [-0.15, -0.1) is 0 Å². The maximum absolute atomic E-state index is 12.0. The van der Waals surface area contributed by atoms with E-state index in [9.17, 15) is 4.79 Å². The van der Waals surface area contributed by atoms with E-state index in [-0.39, 0.29) is 18.6 Å². The number of nitrogens with one attached hydrogen (secondary N) is 1. The molecule has 1 N–H and O–H groups in total. The largest absolute Gasteiger partial charge is 0.482 e. The van der Waals surface area contributed by atoms with E-state index in [0.29, 0.717) is 22.3 Å². The maximum Gasteiger partial charge on any atom is 0.258 e. The van der Waals surface area contributed by atoms with E-state index >= 15 is 0 Å². The van der Waals surface area contributed by atoms with Crippen molar-refractivity contribution in [1.82, 2.24) is 10.2 Å². The van der Waals surface area contributed by atoms with Crippen molar-refractivity contribution in [1.29, 1.82) is 0 Å². The maximum atomic E-state index is 12.0. The van der Waals surface area contributed by atoms with Crippen molar-refractivity contribution >= 4 is 40.4 Å². The van der Waals surface area contributed by atoms with Gasteiger partial charge in [-0.25, -0.2) is 0 Å². The van der Waals surface area contributed by atoms with Crippen LogP contribution >= 0.6 is 34.5 Å². The van der Waals surface area contributed by atoms with Crippen LogP contribution in [0.3, 0.4) is 0 Å². The monoisotopic (exact) mass is 372 g/mol. The summed E-state index contributed by atoms with van der Waals surface area (Å²) < 4.78 is 5.42. The summed E-state index contributed by atoms with van der Waals surface area (Å²) in [4.78, 5) is 14.0. The molecule has 1 atom stereocenters. The molecule has 1 amide bonds. The smallest absolute Gasteiger partial charge is 0.258 e. The van der Waals surface area contributed by atoms with E-state index < -0.39 is 0 Å². The zero-order chi connectivity index (χ0) is 16.8. The van der Waals surface area contributed by atoms with Crippen molar-refractivity contribution in [3.8, 4) is 5.75 Å². The summed E-state index contributed by atoms with van der Waals surface area (Å²) in [5.41, 5.74) is 1.18. The van der Waals surface area contributed by atoms with Gasteiger partial charge < -0.3 is 15.0 Å². The second-order valence-electron chi connectivity index (χ2n) is 5.20. The van der Waals surface area contributed by atoms with Crippen molar-refractivity contribution in [2.45, 2.75) is 6.04 Å². The molecule has 2 aromatic rings. The fourth-order valence-corrected chi connectivity index (χ4v) is 3.10. The number of benzene rings is 1. The van der Waals surface area contributed by atoms with Crippen molar-refractivity contribution in [2.24, 2.45) is 0 Å². The number of thiophene rings is 1. The number of likely N-dealkylation sites (N-methyl/N-ethyl adjacent to an activating group) is 1. The quantitative estimate of drug-likeness (QED) is 0.802. The summed E-state index contributed by atoms with van der Waals surface area (Å²) in [6.07, 6.45) is 0. The minimum atomic E-state index is -0.205. The fourth-order valence-electron chi connectivity index (χ4n) is 2.06. The van der Waals surface area contributed by atoms with Crippen LogP contribution in [0.2, 0.25) is 10.0 Å². The number of halogens is 2. The third kappa shape index (κ3) is 5.39. The molecule has 23 heavy (non-hydrogen) atoms. The topological polar surface area (TPSA) is 41.6 Å². The molecule has 0 saturated carbocycles. The molecule has 124 valence electrons. The molecular formula is C16H18Cl2N2O2S. The molecule has 7 heteroatoms. The van der Waals surface area contributed by atoms with Crippen molar-refractivity contribution in [2.75, 3.05) is 27.2 Å². The summed E-state index contributed by atoms with van der Waals surface area (Å²) in [5, 5.41) is 7.92. The number of ether oxygens (including phenoxy) is 1. The number of nitrogens with zero attached hydrogens (tertiary/aromatic N) is 1. The molecule has 0 aliphatic rings. The Balaban J connectivity index is 1.86. The Hall–Kier alpha value is -1.27. The summed E-state index contributed by atoms with van der Waals surface area (Å²) in [6.45, 7) is 0.402. The summed E-state index contributed by atoms with van der Waals surface area (Å²) in [5.74, 6) is 0.194. The number of carbonyl (C=O) groups excluding carboxylic acids is 1. The average Bonchev–Trinajstić information content (AvgIpc) is 3.02. The van der Waals surface area contributed by atoms with Gasteiger partial charge in [0, 0.05) is 17.6 Å². The van der Waals surface area contributed by atoms with Crippen LogP contribution in [0.5, 0.6) is 5.75 Å². The predicted molar refractivity (Wildman–Crippen MR) is 95.7 cm³/mol. The number of hydrogen-bond donors (Lipinski definition) is 1. The van der Waals surface area contributed by atoms with Gasteiger partial charge in [-0.3, -0.25) is 4.79 Å². The van der Waals surface area contributed by atoms with Crippen LogP contribution in [0.25, 0.3) is 0 Å². The van der Waals surface area contributed by atoms with Gasteiger partial charge in [-0.1, -0.05) is 23.2 Å². The second-order valence-corrected chi connectivity index (χ2v) is 6.83. The first-order chi connectivity index (χ1) is 11.0. The zero-order valence-corrected chi connectivity index (χ0v) is 15.2. The first-order valence-electron chi connectivity index (χ1n) is 7.00. The standard InChI is InChI=1S/C16H18Cl2N2O2S/c1-20(2)14(11-5-6-23-10-11)8-19-16(21)9-22-15-7-12(17)3-4-13(15)18/h3-7,10,14H,8-9H2,1-2H3,(H,19,21). The molecule has 0 aliphatic carbocycles. The molecule has 4 nitrogen and oxygen atoms in total. The van der Waals surface area contributed by atoms with Gasteiger partial charge in [0.25, 0.3) is 5.91 Å². The molecule has 0 saturated heterocycles. The van der Waals surface area contributed by atoms with Gasteiger partial charge >= 0.3 is 0 Å². The lowest BCUT2D eigenvalue weighted by Crippen LogP contribution is -2.36. The van der Waals surface area contributed by atoms with E-state index in [1.807, 2.05) is 19.5 Å². The van der Waals surface area contributed by atoms with Crippen LogP contribution in [-0.4, -0.2) is 38.1 Å². The summed E-state index contributed by atoms with van der Waals surface area (Å²) in [7, 11) is 3.97. The van der Waals surface area contributed by atoms with E-state index in [4.69, 9.17) is 27.9 Å². The lowest BCUT2D eigenvalue weighted by atomic mass is 10.1. The van der Waals surface area contributed by atoms with Crippen LogP contribution in [0.1, 0.15) is 11.6 Å². The molecule has 1 unspecified atom stereocenters. The van der Waals surface area contributed by atoms with E-state index in [1.54, 1.807) is 29.5 Å². The Morgan fingerprint density at radius 3 is 2.78 bits per heavy atom. The molecule has 0 aliphatic heterocycles. The first kappa shape index (κ1) is 18.1. The Morgan fingerprint density at radius 1 is 1.35 bits per heavy atom. The number of rotatable bonds is 7. The molecule has 0 bridgehead atoms. The van der Waals surface area contributed by atoms with E-state index in [2.05, 4.69) is 21.7 Å². The zero-order valence-electron chi connectivity index (χ0n) is 12.9. The highest BCUT2D eigenvalue weighted by Gasteiger charge is 2.16. The molecule has 1 heterocycles. The number of hydrogen-bond acceptors (Lipinski definition) is 4. The highest BCUT2D eigenvalue weighted by atomic mass is 35.5. The molecule has 1 aromatic carbocycles. The van der Waals surface area contributed by atoms with Crippen LogP contribution in [0, 0.1) is 0 Å². The Bertz CT molecular complexity index is 648.